The van der Waals surface area contributed by atoms with Crippen LogP contribution in [0, 0.1) is 11.3 Å². The number of benzene rings is 1. The Morgan fingerprint density at radius 1 is 1.40 bits per heavy atom. The van der Waals surface area contributed by atoms with Gasteiger partial charge >= 0.3 is 5.63 Å². The third-order valence-corrected chi connectivity index (χ3v) is 2.22. The van der Waals surface area contributed by atoms with Crippen LogP contribution in [0.1, 0.15) is 5.56 Å². The molecule has 0 saturated heterocycles. The Morgan fingerprint density at radius 2 is 2.13 bits per heavy atom. The van der Waals surface area contributed by atoms with Crippen molar-refractivity contribution in [2.45, 2.75) is 0 Å². The summed E-state index contributed by atoms with van der Waals surface area (Å²) in [6, 6.07) is 5.74. The molecule has 0 aliphatic heterocycles. The van der Waals surface area contributed by atoms with Crippen LogP contribution in [-0.2, 0) is 0 Å². The van der Waals surface area contributed by atoms with Gasteiger partial charge in [0, 0.05) is 11.5 Å². The Labute approximate surface area is 88.9 Å². The van der Waals surface area contributed by atoms with E-state index < -0.39 is 5.63 Å². The number of halogens is 1. The van der Waals surface area contributed by atoms with Crippen molar-refractivity contribution in [2.24, 2.45) is 0 Å². The van der Waals surface area contributed by atoms with Crippen molar-refractivity contribution >= 4 is 22.6 Å². The zero-order valence-electron chi connectivity index (χ0n) is 7.32. The van der Waals surface area contributed by atoms with Crippen molar-refractivity contribution in [3.63, 3.8) is 0 Å². The predicted molar refractivity (Wildman–Crippen MR) is 53.9 cm³/mol. The lowest BCUT2D eigenvalue weighted by atomic mass is 10.2. The lowest BCUT2D eigenvalue weighted by molar-refractivity contribution is 0.473. The molecule has 0 atom stereocenters. The van der Waals surface area contributed by atoms with E-state index in [1.54, 1.807) is 6.07 Å². The maximum Gasteiger partial charge on any atom is 0.354 e. The van der Waals surface area contributed by atoms with Gasteiger partial charge in [0.25, 0.3) is 0 Å². The molecule has 2 aromatic rings. The number of nitriles is 1. The normalized spacial score (nSPS) is 10.1. The summed E-state index contributed by atoms with van der Waals surface area (Å²) in [5, 5.41) is 18.5. The van der Waals surface area contributed by atoms with Crippen LogP contribution in [0.5, 0.6) is 5.75 Å². The van der Waals surface area contributed by atoms with Gasteiger partial charge < -0.3 is 9.52 Å². The van der Waals surface area contributed by atoms with E-state index in [1.807, 2.05) is 0 Å². The second-order valence-electron chi connectivity index (χ2n) is 2.90. The molecule has 1 N–H and O–H groups in total. The van der Waals surface area contributed by atoms with E-state index in [-0.39, 0.29) is 21.9 Å². The monoisotopic (exact) mass is 221 g/mol. The van der Waals surface area contributed by atoms with E-state index >= 15 is 0 Å². The fourth-order valence-electron chi connectivity index (χ4n) is 1.21. The number of fused-ring (bicyclic) bond motifs is 1. The van der Waals surface area contributed by atoms with Crippen LogP contribution in [0.15, 0.2) is 27.4 Å². The molecule has 0 saturated carbocycles. The van der Waals surface area contributed by atoms with Gasteiger partial charge in [-0.1, -0.05) is 11.6 Å². The van der Waals surface area contributed by atoms with E-state index in [9.17, 15) is 9.90 Å². The molecular weight excluding hydrogens is 218 g/mol. The molecule has 4 nitrogen and oxygen atoms in total. The maximum atomic E-state index is 11.2. The highest BCUT2D eigenvalue weighted by Gasteiger charge is 2.07. The number of hydrogen-bond acceptors (Lipinski definition) is 4. The fraction of sp³-hybridized carbons (Fsp3) is 0. The van der Waals surface area contributed by atoms with Crippen molar-refractivity contribution in [3.8, 4) is 11.8 Å². The summed E-state index contributed by atoms with van der Waals surface area (Å²) < 4.78 is 4.82. The number of rotatable bonds is 0. The Hall–Kier alpha value is -1.99. The van der Waals surface area contributed by atoms with Crippen molar-refractivity contribution in [1.29, 1.82) is 5.26 Å². The molecule has 0 fully saturated rings. The van der Waals surface area contributed by atoms with Crippen LogP contribution in [-0.4, -0.2) is 5.11 Å². The van der Waals surface area contributed by atoms with E-state index in [2.05, 4.69) is 0 Å². The smallest absolute Gasteiger partial charge is 0.354 e. The second-order valence-corrected chi connectivity index (χ2v) is 3.31. The summed E-state index contributed by atoms with van der Waals surface area (Å²) in [7, 11) is 0. The first-order valence-corrected chi connectivity index (χ1v) is 4.36. The molecule has 0 aliphatic carbocycles. The molecule has 15 heavy (non-hydrogen) atoms. The first-order chi connectivity index (χ1) is 7.11. The molecule has 0 radical (unpaired) electrons. The molecule has 2 rings (SSSR count). The van der Waals surface area contributed by atoms with Gasteiger partial charge in [0.05, 0.1) is 5.02 Å². The number of phenolic OH excluding ortho intramolecular Hbond substituents is 1. The minimum Gasteiger partial charge on any atom is -0.506 e. The van der Waals surface area contributed by atoms with E-state index in [4.69, 9.17) is 21.3 Å². The van der Waals surface area contributed by atoms with Gasteiger partial charge in [-0.05, 0) is 12.1 Å². The van der Waals surface area contributed by atoms with E-state index in [0.29, 0.717) is 5.39 Å². The predicted octanol–water partition coefficient (Wildman–Crippen LogP) is 2.02. The summed E-state index contributed by atoms with van der Waals surface area (Å²) in [6.45, 7) is 0. The molecular formula is C10H4ClNO3. The topological polar surface area (TPSA) is 74.2 Å². The number of aromatic hydroxyl groups is 1. The molecule has 0 spiro atoms. The third kappa shape index (κ3) is 1.53. The summed E-state index contributed by atoms with van der Waals surface area (Å²) in [5.41, 5.74) is -0.628. The first kappa shape index (κ1) is 9.56. The number of hydrogen-bond donors (Lipinski definition) is 1. The average molecular weight is 222 g/mol. The van der Waals surface area contributed by atoms with Gasteiger partial charge in [0.1, 0.15) is 23.0 Å². The van der Waals surface area contributed by atoms with Gasteiger partial charge in [0.15, 0.2) is 0 Å². The molecule has 1 aromatic heterocycles. The largest absolute Gasteiger partial charge is 0.506 e. The minimum absolute atomic E-state index is 0.0933. The van der Waals surface area contributed by atoms with E-state index in [0.717, 1.165) is 0 Å². The van der Waals surface area contributed by atoms with Gasteiger partial charge in [-0.3, -0.25) is 0 Å². The lowest BCUT2D eigenvalue weighted by Gasteiger charge is -1.99. The van der Waals surface area contributed by atoms with Gasteiger partial charge in [-0.25, -0.2) is 4.79 Å². The zero-order chi connectivity index (χ0) is 11.0. The SMILES string of the molecule is N#Cc1cc2cc(Cl)c(O)cc2oc1=O. The lowest BCUT2D eigenvalue weighted by Crippen LogP contribution is -2.02. The summed E-state index contributed by atoms with van der Waals surface area (Å²) >= 11 is 5.67. The maximum absolute atomic E-state index is 11.2. The van der Waals surface area contributed by atoms with Gasteiger partial charge in [-0.2, -0.15) is 5.26 Å². The Morgan fingerprint density at radius 3 is 2.80 bits per heavy atom. The molecule has 0 amide bonds. The molecule has 1 aromatic carbocycles. The molecule has 0 aliphatic rings. The molecule has 74 valence electrons. The van der Waals surface area contributed by atoms with Crippen LogP contribution in [0.2, 0.25) is 5.02 Å². The van der Waals surface area contributed by atoms with Crippen LogP contribution in [0.3, 0.4) is 0 Å². The van der Waals surface area contributed by atoms with Crippen LogP contribution >= 0.6 is 11.6 Å². The summed E-state index contributed by atoms with van der Waals surface area (Å²) in [4.78, 5) is 11.2. The highest BCUT2D eigenvalue weighted by Crippen LogP contribution is 2.28. The van der Waals surface area contributed by atoms with Gasteiger partial charge in [0.2, 0.25) is 0 Å². The third-order valence-electron chi connectivity index (χ3n) is 1.92. The Bertz CT molecular complexity index is 639. The highest BCUT2D eigenvalue weighted by atomic mass is 35.5. The molecule has 1 heterocycles. The summed E-state index contributed by atoms with van der Waals surface area (Å²) in [5.74, 6) is -0.169. The van der Waals surface area contributed by atoms with E-state index in [1.165, 1.54) is 18.2 Å². The van der Waals surface area contributed by atoms with Crippen molar-refractivity contribution in [1.82, 2.24) is 0 Å². The van der Waals surface area contributed by atoms with Crippen molar-refractivity contribution in [3.05, 3.63) is 39.2 Å². The molecule has 0 unspecified atom stereocenters. The van der Waals surface area contributed by atoms with Crippen LogP contribution < -0.4 is 5.63 Å². The zero-order valence-corrected chi connectivity index (χ0v) is 8.08. The molecule has 0 bridgehead atoms. The highest BCUT2D eigenvalue weighted by molar-refractivity contribution is 6.32. The Kier molecular flexibility index (Phi) is 2.10. The summed E-state index contributed by atoms with van der Waals surface area (Å²) in [6.07, 6.45) is 0. The standard InChI is InChI=1S/C10H4ClNO3/c11-7-2-5-1-6(4-12)10(14)15-9(5)3-8(7)13/h1-3,13H. The van der Waals surface area contributed by atoms with Crippen molar-refractivity contribution in [2.75, 3.05) is 0 Å². The fourth-order valence-corrected chi connectivity index (χ4v) is 1.38. The first-order valence-electron chi connectivity index (χ1n) is 3.98. The number of nitrogens with zero attached hydrogens (tertiary/aromatic N) is 1. The number of phenols is 1. The molecule has 5 heteroatoms. The minimum atomic E-state index is -0.730. The Balaban J connectivity index is 2.90. The van der Waals surface area contributed by atoms with Crippen molar-refractivity contribution < 1.29 is 9.52 Å². The van der Waals surface area contributed by atoms with Gasteiger partial charge in [-0.15, -0.1) is 0 Å². The van der Waals surface area contributed by atoms with Crippen LogP contribution in [0.4, 0.5) is 0 Å². The second kappa shape index (κ2) is 3.30. The van der Waals surface area contributed by atoms with Crippen LogP contribution in [0.25, 0.3) is 11.0 Å². The average Bonchev–Trinajstić information content (AvgIpc) is 2.20. The quantitative estimate of drug-likeness (QED) is 0.691.